The first-order chi connectivity index (χ1) is 16.8. The molecule has 0 aliphatic rings. The maximum atomic E-state index is 12.6. The van der Waals surface area contributed by atoms with Crippen molar-refractivity contribution in [1.82, 2.24) is 20.4 Å². The number of anilines is 1. The highest BCUT2D eigenvalue weighted by atomic mass is 32.2. The lowest BCUT2D eigenvalue weighted by Gasteiger charge is -2.11. The van der Waals surface area contributed by atoms with Gasteiger partial charge in [0, 0.05) is 23.7 Å². The number of benzene rings is 2. The van der Waals surface area contributed by atoms with E-state index in [1.807, 2.05) is 31.2 Å². The number of hydrogen-bond acceptors (Lipinski definition) is 8. The van der Waals surface area contributed by atoms with Gasteiger partial charge in [0.1, 0.15) is 12.5 Å². The molecule has 0 aliphatic heterocycles. The lowest BCUT2D eigenvalue weighted by atomic mass is 10.1. The summed E-state index contributed by atoms with van der Waals surface area (Å²) < 4.78 is 43.0. The zero-order valence-electron chi connectivity index (χ0n) is 19.4. The maximum Gasteiger partial charge on any atom is 0.189 e. The Morgan fingerprint density at radius 1 is 1.06 bits per heavy atom. The second-order valence-electron chi connectivity index (χ2n) is 8.11. The molecule has 3 N–H and O–H groups in total. The summed E-state index contributed by atoms with van der Waals surface area (Å²) >= 11 is 0. The van der Waals surface area contributed by atoms with Gasteiger partial charge in [-0.05, 0) is 31.0 Å². The molecule has 0 saturated heterocycles. The number of nitrogens with two attached hydrogens (primary N) is 1. The highest BCUT2D eigenvalue weighted by molar-refractivity contribution is 7.92. The number of hydrogen-bond donors (Lipinski definition) is 2. The molecule has 0 saturated carbocycles. The van der Waals surface area contributed by atoms with E-state index in [0.717, 1.165) is 11.1 Å². The Kier molecular flexibility index (Phi) is 7.23. The van der Waals surface area contributed by atoms with Crippen LogP contribution >= 0.6 is 0 Å². The summed E-state index contributed by atoms with van der Waals surface area (Å²) in [6, 6.07) is 15.8. The van der Waals surface area contributed by atoms with E-state index < -0.39 is 21.9 Å². The summed E-state index contributed by atoms with van der Waals surface area (Å²) in [5.41, 5.74) is 9.97. The second kappa shape index (κ2) is 10.3. The number of nitrogens with zero attached hydrogens (tertiary/aromatic N) is 3. The number of rotatable bonds is 9. The van der Waals surface area contributed by atoms with Crippen molar-refractivity contribution in [1.29, 1.82) is 0 Å². The molecule has 0 aliphatic carbocycles. The Hall–Kier alpha value is -3.63. The molecule has 2 heterocycles. The second-order valence-corrected chi connectivity index (χ2v) is 10.5. The van der Waals surface area contributed by atoms with Crippen LogP contribution in [-0.2, 0) is 16.4 Å². The Bertz CT molecular complexity index is 1400. The summed E-state index contributed by atoms with van der Waals surface area (Å²) in [7, 11) is -3.38. The van der Waals surface area contributed by atoms with Crippen molar-refractivity contribution in [3.05, 3.63) is 66.4 Å². The summed E-state index contributed by atoms with van der Waals surface area (Å²) in [6.07, 6.45) is 2.06. The molecule has 0 spiro atoms. The normalized spacial score (nSPS) is 12.5. The number of nitrogens with one attached hydrogen (secondary N) is 1. The average Bonchev–Trinajstić information content (AvgIpc) is 3.37. The molecule has 2 aromatic carbocycles. The third kappa shape index (κ3) is 5.23. The van der Waals surface area contributed by atoms with Crippen LogP contribution in [0.25, 0.3) is 34.0 Å². The minimum Gasteiger partial charge on any atom is -0.382 e. The monoisotopic (exact) mass is 495 g/mol. The highest BCUT2D eigenvalue weighted by Crippen LogP contribution is 2.30. The maximum absolute atomic E-state index is 12.6. The molecular weight excluding hydrogens is 469 g/mol. The van der Waals surface area contributed by atoms with Crippen LogP contribution in [0.4, 0.5) is 10.2 Å². The smallest absolute Gasteiger partial charge is 0.189 e. The number of sulfone groups is 1. The average molecular weight is 496 g/mol. The Balaban J connectivity index is 1.59. The van der Waals surface area contributed by atoms with E-state index in [2.05, 4.69) is 20.4 Å². The van der Waals surface area contributed by atoms with Gasteiger partial charge >= 0.3 is 0 Å². The van der Waals surface area contributed by atoms with Gasteiger partial charge in [-0.25, -0.2) is 22.8 Å². The minimum atomic E-state index is -3.38. The predicted molar refractivity (Wildman–Crippen MR) is 133 cm³/mol. The standard InChI is InChI=1S/C25H26FN5O3S/c1-3-16(2)35(32,33)20-10-8-19(9-11-20)22-14-29-25(27)24(30-22)23-12-21(31-34-23)18-6-4-17(5-7-18)13-28-15-26/h4-12,14,16,28H,3,13,15H2,1-2H3,(H2,27,29). The van der Waals surface area contributed by atoms with Gasteiger partial charge in [0.2, 0.25) is 0 Å². The minimum absolute atomic E-state index is 0.181. The quantitative estimate of drug-likeness (QED) is 0.322. The lowest BCUT2D eigenvalue weighted by molar-refractivity contribution is 0.424. The first-order valence-electron chi connectivity index (χ1n) is 11.1. The molecule has 2 aromatic heterocycles. The van der Waals surface area contributed by atoms with Crippen LogP contribution in [0.15, 0.2) is 70.2 Å². The van der Waals surface area contributed by atoms with Crippen molar-refractivity contribution in [2.45, 2.75) is 37.0 Å². The van der Waals surface area contributed by atoms with Crippen LogP contribution < -0.4 is 11.1 Å². The lowest BCUT2D eigenvalue weighted by Crippen LogP contribution is -2.16. The fraction of sp³-hybridized carbons (Fsp3) is 0.240. The Labute approximate surface area is 203 Å². The van der Waals surface area contributed by atoms with Crippen LogP contribution in [0.5, 0.6) is 0 Å². The van der Waals surface area contributed by atoms with Crippen LogP contribution in [0.2, 0.25) is 0 Å². The van der Waals surface area contributed by atoms with Gasteiger partial charge in [-0.2, -0.15) is 0 Å². The van der Waals surface area contributed by atoms with Gasteiger partial charge in [-0.15, -0.1) is 0 Å². The molecule has 1 unspecified atom stereocenters. The number of alkyl halides is 1. The molecule has 0 bridgehead atoms. The largest absolute Gasteiger partial charge is 0.382 e. The molecule has 4 rings (SSSR count). The number of aromatic nitrogens is 3. The molecule has 0 radical (unpaired) electrons. The van der Waals surface area contributed by atoms with Crippen LogP contribution in [0.1, 0.15) is 25.8 Å². The van der Waals surface area contributed by atoms with Crippen molar-refractivity contribution in [2.75, 3.05) is 12.5 Å². The fourth-order valence-corrected chi connectivity index (χ4v) is 4.91. The topological polar surface area (TPSA) is 124 Å². The van der Waals surface area contributed by atoms with Gasteiger partial charge in [0.05, 0.1) is 22.0 Å². The molecule has 35 heavy (non-hydrogen) atoms. The van der Waals surface area contributed by atoms with Gasteiger partial charge in [-0.1, -0.05) is 48.5 Å². The van der Waals surface area contributed by atoms with Crippen molar-refractivity contribution in [2.24, 2.45) is 0 Å². The van der Waals surface area contributed by atoms with Crippen molar-refractivity contribution >= 4 is 15.7 Å². The van der Waals surface area contributed by atoms with E-state index in [-0.39, 0.29) is 10.7 Å². The van der Waals surface area contributed by atoms with Gasteiger partial charge < -0.3 is 10.3 Å². The first-order valence-corrected chi connectivity index (χ1v) is 12.7. The fourth-order valence-electron chi connectivity index (χ4n) is 3.49. The van der Waals surface area contributed by atoms with Gasteiger partial charge in [0.25, 0.3) is 0 Å². The van der Waals surface area contributed by atoms with Gasteiger partial charge in [0.15, 0.2) is 27.1 Å². The summed E-state index contributed by atoms with van der Waals surface area (Å²) in [5.74, 6) is 0.533. The van der Waals surface area contributed by atoms with E-state index >= 15 is 0 Å². The SMILES string of the molecule is CCC(C)S(=O)(=O)c1ccc(-c2cnc(N)c(-c3cc(-c4ccc(CNCF)cc4)no3)n2)cc1. The molecule has 1 atom stereocenters. The van der Waals surface area contributed by atoms with Crippen LogP contribution in [0.3, 0.4) is 0 Å². The summed E-state index contributed by atoms with van der Waals surface area (Å²) in [5, 5.41) is 6.29. The first kappa shape index (κ1) is 24.5. The third-order valence-corrected chi connectivity index (χ3v) is 8.12. The molecule has 0 fully saturated rings. The molecule has 0 amide bonds. The van der Waals surface area contributed by atoms with E-state index in [0.29, 0.717) is 41.4 Å². The van der Waals surface area contributed by atoms with E-state index in [1.54, 1.807) is 37.3 Å². The zero-order chi connectivity index (χ0) is 25.0. The van der Waals surface area contributed by atoms with Crippen molar-refractivity contribution in [3.8, 4) is 34.0 Å². The molecule has 182 valence electrons. The molecular formula is C25H26FN5O3S. The zero-order valence-corrected chi connectivity index (χ0v) is 20.2. The highest BCUT2D eigenvalue weighted by Gasteiger charge is 2.22. The molecule has 10 heteroatoms. The third-order valence-electron chi connectivity index (χ3n) is 5.80. The molecule has 8 nitrogen and oxygen atoms in total. The predicted octanol–water partition coefficient (Wildman–Crippen LogP) is 4.64. The van der Waals surface area contributed by atoms with Crippen LogP contribution in [-0.4, -0.2) is 35.6 Å². The summed E-state index contributed by atoms with van der Waals surface area (Å²) in [4.78, 5) is 9.10. The number of halogens is 1. The van der Waals surface area contributed by atoms with E-state index in [4.69, 9.17) is 10.3 Å². The Morgan fingerprint density at radius 3 is 2.37 bits per heavy atom. The van der Waals surface area contributed by atoms with E-state index in [9.17, 15) is 12.8 Å². The van der Waals surface area contributed by atoms with Crippen molar-refractivity contribution in [3.63, 3.8) is 0 Å². The number of nitrogen functional groups attached to an aromatic ring is 1. The summed E-state index contributed by atoms with van der Waals surface area (Å²) in [6.45, 7) is 3.39. The van der Waals surface area contributed by atoms with Gasteiger partial charge in [-0.3, -0.25) is 5.32 Å². The van der Waals surface area contributed by atoms with Crippen LogP contribution in [0, 0.1) is 0 Å². The van der Waals surface area contributed by atoms with Crippen molar-refractivity contribution < 1.29 is 17.3 Å². The molecule has 4 aromatic rings. The Morgan fingerprint density at radius 2 is 1.71 bits per heavy atom. The van der Waals surface area contributed by atoms with E-state index in [1.165, 1.54) is 6.20 Å².